The van der Waals surface area contributed by atoms with Crippen molar-refractivity contribution in [3.63, 3.8) is 0 Å². The van der Waals surface area contributed by atoms with E-state index in [4.69, 9.17) is 10.7 Å². The van der Waals surface area contributed by atoms with Crippen molar-refractivity contribution in [3.8, 4) is 5.75 Å². The maximum absolute atomic E-state index is 5.24. The molecule has 1 saturated heterocycles. The van der Waals surface area contributed by atoms with Crippen molar-refractivity contribution in [1.82, 2.24) is 10.2 Å². The number of likely N-dealkylation sites (N-methyl/N-ethyl adjacent to an activating group) is 1. The number of anilines is 1. The van der Waals surface area contributed by atoms with Crippen LogP contribution in [-0.2, 0) is 0 Å². The summed E-state index contributed by atoms with van der Waals surface area (Å²) in [4.78, 5) is 7.26. The van der Waals surface area contributed by atoms with E-state index in [2.05, 4.69) is 28.6 Å². The molecule has 0 bridgehead atoms. The van der Waals surface area contributed by atoms with E-state index in [9.17, 15) is 0 Å². The molecule has 1 aliphatic rings. The molecular weight excluding hydrogens is 240 g/mol. The monoisotopic (exact) mass is 264 g/mol. The Labute approximate surface area is 115 Å². The maximum Gasteiger partial charge on any atom is 0.151 e. The van der Waals surface area contributed by atoms with Gasteiger partial charge in [0, 0.05) is 43.5 Å². The van der Waals surface area contributed by atoms with E-state index in [1.807, 2.05) is 19.1 Å². The molecule has 0 radical (unpaired) electrons. The molecular formula is C14H24N4O. The fourth-order valence-corrected chi connectivity index (χ4v) is 2.49. The summed E-state index contributed by atoms with van der Waals surface area (Å²) in [6.45, 7) is 6.25. The third-order valence-electron chi connectivity index (χ3n) is 3.85. The summed E-state index contributed by atoms with van der Waals surface area (Å²) in [6.07, 6.45) is 1.12. The molecule has 5 heteroatoms. The number of benzene rings is 1. The molecule has 2 rings (SSSR count). The summed E-state index contributed by atoms with van der Waals surface area (Å²) >= 11 is 0. The van der Waals surface area contributed by atoms with E-state index >= 15 is 0 Å². The van der Waals surface area contributed by atoms with Crippen LogP contribution in [0.4, 0.5) is 5.69 Å². The van der Waals surface area contributed by atoms with Gasteiger partial charge >= 0.3 is 0 Å². The first-order valence-electron chi connectivity index (χ1n) is 6.83. The smallest absolute Gasteiger partial charge is 0.151 e. The van der Waals surface area contributed by atoms with Gasteiger partial charge in [-0.2, -0.15) is 5.90 Å². The molecule has 0 amide bonds. The molecule has 4 N–H and O–H groups in total. The van der Waals surface area contributed by atoms with Gasteiger partial charge in [-0.3, -0.25) is 0 Å². The third kappa shape index (κ3) is 3.59. The first kappa shape index (κ1) is 14.1. The lowest BCUT2D eigenvalue weighted by Crippen LogP contribution is -2.49. The normalized spacial score (nSPS) is 20.3. The molecule has 1 heterocycles. The van der Waals surface area contributed by atoms with Gasteiger partial charge in [-0.05, 0) is 32.5 Å². The fraction of sp³-hybridized carbons (Fsp3) is 0.571. The zero-order chi connectivity index (χ0) is 13.7. The Balaban J connectivity index is 1.85. The second-order valence-electron chi connectivity index (χ2n) is 5.10. The van der Waals surface area contributed by atoms with E-state index in [0.29, 0.717) is 6.04 Å². The van der Waals surface area contributed by atoms with Gasteiger partial charge in [0.25, 0.3) is 0 Å². The van der Waals surface area contributed by atoms with Crippen LogP contribution in [0, 0.1) is 6.92 Å². The summed E-state index contributed by atoms with van der Waals surface area (Å²) in [5.74, 6) is 5.96. The van der Waals surface area contributed by atoms with Crippen LogP contribution < -0.4 is 21.4 Å². The summed E-state index contributed by atoms with van der Waals surface area (Å²) in [5.41, 5.74) is 2.15. The van der Waals surface area contributed by atoms with Gasteiger partial charge in [0.05, 0.1) is 0 Å². The average Bonchev–Trinajstić information content (AvgIpc) is 2.43. The van der Waals surface area contributed by atoms with Crippen LogP contribution in [0.5, 0.6) is 5.75 Å². The van der Waals surface area contributed by atoms with Crippen molar-refractivity contribution in [2.45, 2.75) is 19.4 Å². The van der Waals surface area contributed by atoms with Gasteiger partial charge in [0.1, 0.15) is 0 Å². The Morgan fingerprint density at radius 3 is 3.11 bits per heavy atom. The van der Waals surface area contributed by atoms with Gasteiger partial charge in [-0.15, -0.1) is 0 Å². The van der Waals surface area contributed by atoms with Crippen LogP contribution in [0.1, 0.15) is 12.0 Å². The molecule has 1 aromatic rings. The largest absolute Gasteiger partial charge is 0.411 e. The number of hydrogen-bond acceptors (Lipinski definition) is 5. The second kappa shape index (κ2) is 6.75. The summed E-state index contributed by atoms with van der Waals surface area (Å²) in [5, 5.41) is 6.90. The van der Waals surface area contributed by atoms with Gasteiger partial charge < -0.3 is 20.4 Å². The Morgan fingerprint density at radius 1 is 1.53 bits per heavy atom. The van der Waals surface area contributed by atoms with E-state index in [0.717, 1.165) is 49.6 Å². The number of nitrogens with two attached hydrogens (primary N) is 1. The maximum atomic E-state index is 5.24. The van der Waals surface area contributed by atoms with Crippen molar-refractivity contribution in [2.75, 3.05) is 38.5 Å². The zero-order valence-corrected chi connectivity index (χ0v) is 11.8. The van der Waals surface area contributed by atoms with E-state index in [-0.39, 0.29) is 0 Å². The predicted octanol–water partition coefficient (Wildman–Crippen LogP) is 0.953. The highest BCUT2D eigenvalue weighted by atomic mass is 16.6. The summed E-state index contributed by atoms with van der Waals surface area (Å²) in [6, 6.07) is 6.49. The summed E-state index contributed by atoms with van der Waals surface area (Å²) < 4.78 is 0. The molecule has 106 valence electrons. The molecule has 0 spiro atoms. The molecule has 0 aliphatic carbocycles. The lowest BCUT2D eigenvalue weighted by atomic mass is 10.1. The molecule has 0 aromatic heterocycles. The lowest BCUT2D eigenvalue weighted by molar-refractivity contribution is 0.194. The number of piperazine rings is 1. The predicted molar refractivity (Wildman–Crippen MR) is 78.4 cm³/mol. The van der Waals surface area contributed by atoms with E-state index in [1.165, 1.54) is 0 Å². The lowest BCUT2D eigenvalue weighted by Gasteiger charge is -2.33. The van der Waals surface area contributed by atoms with Gasteiger partial charge in [0.2, 0.25) is 0 Å². The highest BCUT2D eigenvalue weighted by molar-refractivity contribution is 5.56. The Hall–Kier alpha value is -1.30. The van der Waals surface area contributed by atoms with Crippen LogP contribution in [-0.4, -0.2) is 44.2 Å². The minimum Gasteiger partial charge on any atom is -0.411 e. The van der Waals surface area contributed by atoms with Crippen molar-refractivity contribution < 1.29 is 4.84 Å². The highest BCUT2D eigenvalue weighted by Crippen LogP contribution is 2.24. The summed E-state index contributed by atoms with van der Waals surface area (Å²) in [7, 11) is 2.19. The standard InChI is InChI=1S/C14H24N4O/c1-11-13(4-3-5-14(11)19-15)17-7-6-12-10-16-8-9-18(12)2/h3-5,12,16-17H,6-10,15H2,1-2H3/t12-/m1/s1. The molecule has 1 aliphatic heterocycles. The molecule has 19 heavy (non-hydrogen) atoms. The minimum atomic E-state index is 0.607. The zero-order valence-electron chi connectivity index (χ0n) is 11.8. The SMILES string of the molecule is Cc1c(NCC[C@@H]2CNCCN2C)cccc1ON. The Kier molecular flexibility index (Phi) is 5.01. The second-order valence-corrected chi connectivity index (χ2v) is 5.10. The van der Waals surface area contributed by atoms with Crippen molar-refractivity contribution in [2.24, 2.45) is 5.90 Å². The highest BCUT2D eigenvalue weighted by Gasteiger charge is 2.17. The van der Waals surface area contributed by atoms with Crippen molar-refractivity contribution >= 4 is 5.69 Å². The van der Waals surface area contributed by atoms with Crippen molar-refractivity contribution in [1.29, 1.82) is 0 Å². The molecule has 0 unspecified atom stereocenters. The molecule has 1 aromatic carbocycles. The van der Waals surface area contributed by atoms with Gasteiger partial charge in [-0.1, -0.05) is 6.07 Å². The van der Waals surface area contributed by atoms with Crippen LogP contribution in [0.25, 0.3) is 0 Å². The van der Waals surface area contributed by atoms with Crippen LogP contribution in [0.2, 0.25) is 0 Å². The van der Waals surface area contributed by atoms with Gasteiger partial charge in [-0.25, -0.2) is 0 Å². The molecule has 5 nitrogen and oxygen atoms in total. The molecule has 0 saturated carbocycles. The van der Waals surface area contributed by atoms with Crippen LogP contribution >= 0.6 is 0 Å². The molecule has 1 atom stereocenters. The fourth-order valence-electron chi connectivity index (χ4n) is 2.49. The van der Waals surface area contributed by atoms with Crippen LogP contribution in [0.3, 0.4) is 0 Å². The van der Waals surface area contributed by atoms with Crippen molar-refractivity contribution in [3.05, 3.63) is 23.8 Å². The first-order chi connectivity index (χ1) is 9.22. The molecule has 1 fully saturated rings. The topological polar surface area (TPSA) is 62.5 Å². The minimum absolute atomic E-state index is 0.607. The Bertz CT molecular complexity index is 410. The average molecular weight is 264 g/mol. The number of rotatable bonds is 5. The first-order valence-corrected chi connectivity index (χ1v) is 6.83. The van der Waals surface area contributed by atoms with Crippen LogP contribution in [0.15, 0.2) is 18.2 Å². The quantitative estimate of drug-likeness (QED) is 0.691. The van der Waals surface area contributed by atoms with E-state index < -0.39 is 0 Å². The van der Waals surface area contributed by atoms with E-state index in [1.54, 1.807) is 0 Å². The number of hydrogen-bond donors (Lipinski definition) is 3. The number of nitrogens with one attached hydrogen (secondary N) is 2. The third-order valence-corrected chi connectivity index (χ3v) is 3.85. The van der Waals surface area contributed by atoms with Gasteiger partial charge in [0.15, 0.2) is 5.75 Å². The number of nitrogens with zero attached hydrogens (tertiary/aromatic N) is 1. The Morgan fingerprint density at radius 2 is 2.37 bits per heavy atom.